The van der Waals surface area contributed by atoms with Gasteiger partial charge in [0, 0.05) is 0 Å². The molecule has 1 aromatic carbocycles. The zero-order chi connectivity index (χ0) is 18.4. The predicted octanol–water partition coefficient (Wildman–Crippen LogP) is 3.92. The van der Waals surface area contributed by atoms with Crippen molar-refractivity contribution in [3.8, 4) is 5.75 Å². The summed E-state index contributed by atoms with van der Waals surface area (Å²) >= 11 is 1.47. The summed E-state index contributed by atoms with van der Waals surface area (Å²) in [5.74, 6) is 1.49. The first-order chi connectivity index (χ1) is 12.7. The van der Waals surface area contributed by atoms with Crippen LogP contribution in [0.3, 0.4) is 0 Å². The molecule has 0 unspecified atom stereocenters. The molecule has 7 heteroatoms. The van der Waals surface area contributed by atoms with Crippen LogP contribution in [0.25, 0.3) is 0 Å². The lowest BCUT2D eigenvalue weighted by molar-refractivity contribution is -0.126. The minimum atomic E-state index is -0.101. The van der Waals surface area contributed by atoms with E-state index in [9.17, 15) is 4.79 Å². The van der Waals surface area contributed by atoms with Crippen LogP contribution in [0.2, 0.25) is 0 Å². The predicted molar refractivity (Wildman–Crippen MR) is 104 cm³/mol. The van der Waals surface area contributed by atoms with E-state index in [2.05, 4.69) is 17.1 Å². The molecule has 1 atom stereocenters. The Bertz CT molecular complexity index is 785. The number of thioether (sulfide) groups is 1. The number of ether oxygens (including phenoxy) is 1. The minimum absolute atomic E-state index is 0.0830. The number of methoxy groups -OCH3 is 1. The van der Waals surface area contributed by atoms with Crippen molar-refractivity contribution >= 4 is 29.1 Å². The van der Waals surface area contributed by atoms with Crippen LogP contribution in [0.15, 0.2) is 57.3 Å². The highest BCUT2D eigenvalue weighted by atomic mass is 32.2. The standard InChI is InChI=1S/C19H21N3O3S/c1-3-5-17-18(23)22(13-14-7-9-15(24-2)10-8-14)19(26-17)21-20-12-16-6-4-11-25-16/h4,6-12,17H,3,5,13H2,1-2H3/b20-12-,21-19-/t17-/m0/s1. The molecule has 0 saturated carbocycles. The number of nitrogens with zero attached hydrogens (tertiary/aromatic N) is 3. The molecule has 0 spiro atoms. The van der Waals surface area contributed by atoms with Gasteiger partial charge in [-0.1, -0.05) is 37.2 Å². The van der Waals surface area contributed by atoms with Crippen molar-refractivity contribution in [2.45, 2.75) is 31.6 Å². The summed E-state index contributed by atoms with van der Waals surface area (Å²) in [6.07, 6.45) is 4.89. The molecule has 136 valence electrons. The van der Waals surface area contributed by atoms with Gasteiger partial charge in [-0.3, -0.25) is 9.69 Å². The second-order valence-electron chi connectivity index (χ2n) is 5.81. The summed E-state index contributed by atoms with van der Waals surface area (Å²) < 4.78 is 10.4. The first-order valence-corrected chi connectivity index (χ1v) is 9.34. The number of furan rings is 1. The maximum Gasteiger partial charge on any atom is 0.242 e. The Morgan fingerprint density at radius 1 is 1.31 bits per heavy atom. The van der Waals surface area contributed by atoms with Gasteiger partial charge in [-0.2, -0.15) is 5.10 Å². The van der Waals surface area contributed by atoms with Crippen molar-refractivity contribution in [3.63, 3.8) is 0 Å². The Balaban J connectivity index is 1.78. The number of benzene rings is 1. The van der Waals surface area contributed by atoms with E-state index in [1.807, 2.05) is 24.3 Å². The summed E-state index contributed by atoms with van der Waals surface area (Å²) in [6.45, 7) is 2.54. The molecule has 0 radical (unpaired) electrons. The maximum atomic E-state index is 12.8. The average molecular weight is 371 g/mol. The molecular weight excluding hydrogens is 350 g/mol. The highest BCUT2D eigenvalue weighted by Gasteiger charge is 2.37. The lowest BCUT2D eigenvalue weighted by Gasteiger charge is -2.16. The lowest BCUT2D eigenvalue weighted by atomic mass is 10.2. The normalized spacial score (nSPS) is 19.0. The Hall–Kier alpha value is -2.54. The van der Waals surface area contributed by atoms with E-state index in [1.165, 1.54) is 18.0 Å². The van der Waals surface area contributed by atoms with E-state index in [1.54, 1.807) is 30.4 Å². The van der Waals surface area contributed by atoms with Crippen molar-refractivity contribution in [2.24, 2.45) is 10.2 Å². The summed E-state index contributed by atoms with van der Waals surface area (Å²) in [5, 5.41) is 8.86. The quantitative estimate of drug-likeness (QED) is 0.546. The molecule has 1 aliphatic heterocycles. The van der Waals surface area contributed by atoms with Crippen LogP contribution in [0, 0.1) is 0 Å². The average Bonchev–Trinajstić information content (AvgIpc) is 3.27. The first-order valence-electron chi connectivity index (χ1n) is 8.46. The van der Waals surface area contributed by atoms with Gasteiger partial charge in [-0.25, -0.2) is 0 Å². The highest BCUT2D eigenvalue weighted by molar-refractivity contribution is 8.15. The van der Waals surface area contributed by atoms with E-state index >= 15 is 0 Å². The molecule has 0 bridgehead atoms. The van der Waals surface area contributed by atoms with Gasteiger partial charge >= 0.3 is 0 Å². The zero-order valence-electron chi connectivity index (χ0n) is 14.8. The van der Waals surface area contributed by atoms with E-state index in [4.69, 9.17) is 9.15 Å². The third kappa shape index (κ3) is 4.35. The molecule has 1 aromatic heterocycles. The SMILES string of the molecule is CCC[C@@H]1S/C(=N\N=C/c2ccco2)N(Cc2ccc(OC)cc2)C1=O. The van der Waals surface area contributed by atoms with Gasteiger partial charge in [0.15, 0.2) is 5.17 Å². The maximum absolute atomic E-state index is 12.8. The Morgan fingerprint density at radius 3 is 2.77 bits per heavy atom. The third-order valence-electron chi connectivity index (χ3n) is 3.94. The topological polar surface area (TPSA) is 67.4 Å². The van der Waals surface area contributed by atoms with Gasteiger partial charge in [0.25, 0.3) is 0 Å². The van der Waals surface area contributed by atoms with Gasteiger partial charge in [-0.15, -0.1) is 5.10 Å². The third-order valence-corrected chi connectivity index (χ3v) is 5.18. The van der Waals surface area contributed by atoms with Crippen LogP contribution in [0.1, 0.15) is 31.1 Å². The first kappa shape index (κ1) is 18.3. The molecule has 3 rings (SSSR count). The summed E-state index contributed by atoms with van der Waals surface area (Å²) in [4.78, 5) is 14.5. The molecule has 2 heterocycles. The number of carbonyl (C=O) groups is 1. The van der Waals surface area contributed by atoms with Crippen LogP contribution >= 0.6 is 11.8 Å². The molecule has 1 aliphatic rings. The highest BCUT2D eigenvalue weighted by Crippen LogP contribution is 2.31. The van der Waals surface area contributed by atoms with Crippen LogP contribution < -0.4 is 4.74 Å². The monoisotopic (exact) mass is 371 g/mol. The van der Waals surface area contributed by atoms with Crippen molar-refractivity contribution in [1.82, 2.24) is 4.90 Å². The summed E-state index contributed by atoms with van der Waals surface area (Å²) in [6, 6.07) is 11.3. The molecule has 2 aromatic rings. The van der Waals surface area contributed by atoms with E-state index < -0.39 is 0 Å². The van der Waals surface area contributed by atoms with Crippen LogP contribution in [0.4, 0.5) is 0 Å². The molecule has 1 fully saturated rings. The second-order valence-corrected chi connectivity index (χ2v) is 6.98. The fraction of sp³-hybridized carbons (Fsp3) is 0.316. The number of hydrogen-bond acceptors (Lipinski definition) is 6. The van der Waals surface area contributed by atoms with Crippen LogP contribution in [-0.2, 0) is 11.3 Å². The molecule has 1 amide bonds. The molecule has 6 nitrogen and oxygen atoms in total. The molecule has 0 aliphatic carbocycles. The number of carbonyl (C=O) groups excluding carboxylic acids is 1. The van der Waals surface area contributed by atoms with Gasteiger partial charge < -0.3 is 9.15 Å². The molecule has 1 saturated heterocycles. The van der Waals surface area contributed by atoms with Gasteiger partial charge in [0.1, 0.15) is 11.5 Å². The fourth-order valence-electron chi connectivity index (χ4n) is 2.59. The van der Waals surface area contributed by atoms with Gasteiger partial charge in [-0.05, 0) is 36.2 Å². The van der Waals surface area contributed by atoms with Crippen LogP contribution in [0.5, 0.6) is 5.75 Å². The smallest absolute Gasteiger partial charge is 0.242 e. The van der Waals surface area contributed by atoms with Crippen LogP contribution in [-0.4, -0.2) is 34.5 Å². The van der Waals surface area contributed by atoms with Gasteiger partial charge in [0.05, 0.1) is 31.4 Å². The van der Waals surface area contributed by atoms with Crippen molar-refractivity contribution in [1.29, 1.82) is 0 Å². The Labute approximate surface area is 156 Å². The minimum Gasteiger partial charge on any atom is -0.497 e. The second kappa shape index (κ2) is 8.71. The molecule has 26 heavy (non-hydrogen) atoms. The van der Waals surface area contributed by atoms with E-state index in [-0.39, 0.29) is 11.2 Å². The number of hydrogen-bond donors (Lipinski definition) is 0. The van der Waals surface area contributed by atoms with Crippen molar-refractivity contribution in [3.05, 3.63) is 54.0 Å². The lowest BCUT2D eigenvalue weighted by Crippen LogP contribution is -2.31. The number of amides is 1. The summed E-state index contributed by atoms with van der Waals surface area (Å²) in [5.41, 5.74) is 1.01. The van der Waals surface area contributed by atoms with E-state index in [0.717, 1.165) is 24.2 Å². The largest absolute Gasteiger partial charge is 0.497 e. The summed E-state index contributed by atoms with van der Waals surface area (Å²) in [7, 11) is 1.63. The number of rotatable bonds is 7. The molecular formula is C19H21N3O3S. The number of amidine groups is 1. The Kier molecular flexibility index (Phi) is 6.12. The van der Waals surface area contributed by atoms with E-state index in [0.29, 0.717) is 17.5 Å². The van der Waals surface area contributed by atoms with Crippen molar-refractivity contribution in [2.75, 3.05) is 7.11 Å². The van der Waals surface area contributed by atoms with Crippen molar-refractivity contribution < 1.29 is 13.9 Å². The Morgan fingerprint density at radius 2 is 2.12 bits per heavy atom. The van der Waals surface area contributed by atoms with Gasteiger partial charge in [0.2, 0.25) is 5.91 Å². The zero-order valence-corrected chi connectivity index (χ0v) is 15.6. The fourth-order valence-corrected chi connectivity index (χ4v) is 3.80. The molecule has 0 N–H and O–H groups in total.